The number of nitrogens with two attached hydrogens (primary N) is 1. The average molecular weight is 768 g/mol. The first kappa shape index (κ1) is 40.1. The van der Waals surface area contributed by atoms with E-state index in [2.05, 4.69) is 9.62 Å². The second-order valence-corrected chi connectivity index (χ2v) is 17.0. The van der Waals surface area contributed by atoms with Crippen molar-refractivity contribution in [2.75, 3.05) is 45.9 Å². The number of sulfonamides is 1. The van der Waals surface area contributed by atoms with E-state index in [1.54, 1.807) is 42.7 Å². The van der Waals surface area contributed by atoms with Gasteiger partial charge in [-0.15, -0.1) is 0 Å². The SMILES string of the molecule is CCOc1cc(Cl)c(S(=O)(=O)NC(C)(C)C)cc1C(=NC(C)(C)C1C=CC(Cl)=CC1)N(Cc1ccc(Cl)cc1)C(=O)N1CCN(CCN)CC1. The second kappa shape index (κ2) is 16.8. The van der Waals surface area contributed by atoms with Crippen LogP contribution in [0.3, 0.4) is 0 Å². The van der Waals surface area contributed by atoms with Gasteiger partial charge in [-0.25, -0.2) is 17.9 Å². The highest BCUT2D eigenvalue weighted by Crippen LogP contribution is 2.36. The number of halogens is 3. The van der Waals surface area contributed by atoms with Gasteiger partial charge in [0.2, 0.25) is 10.0 Å². The van der Waals surface area contributed by atoms with Crippen LogP contribution < -0.4 is 15.2 Å². The molecule has 1 saturated heterocycles. The van der Waals surface area contributed by atoms with Crippen molar-refractivity contribution in [1.29, 1.82) is 0 Å². The Balaban J connectivity index is 1.98. The van der Waals surface area contributed by atoms with Crippen molar-refractivity contribution >= 4 is 56.7 Å². The van der Waals surface area contributed by atoms with Crippen LogP contribution in [-0.2, 0) is 16.6 Å². The Bertz CT molecular complexity index is 1710. The summed E-state index contributed by atoms with van der Waals surface area (Å²) in [7, 11) is -4.12. The quantitative estimate of drug-likeness (QED) is 0.190. The van der Waals surface area contributed by atoms with Gasteiger partial charge in [-0.2, -0.15) is 0 Å². The number of aliphatic imine (C=N–C) groups is 1. The number of urea groups is 1. The molecule has 0 radical (unpaired) electrons. The fourth-order valence-electron chi connectivity index (χ4n) is 5.91. The highest BCUT2D eigenvalue weighted by atomic mass is 35.5. The summed E-state index contributed by atoms with van der Waals surface area (Å²) in [5.41, 5.74) is 5.36. The number of amidine groups is 1. The number of allylic oxidation sites excluding steroid dienone is 3. The maximum absolute atomic E-state index is 14.8. The molecule has 274 valence electrons. The summed E-state index contributed by atoms with van der Waals surface area (Å²) < 4.78 is 36.4. The van der Waals surface area contributed by atoms with Gasteiger partial charge in [-0.05, 0) is 77.8 Å². The molecule has 1 aliphatic carbocycles. The minimum atomic E-state index is -4.12. The van der Waals surface area contributed by atoms with Crippen molar-refractivity contribution in [1.82, 2.24) is 19.4 Å². The van der Waals surface area contributed by atoms with Crippen molar-refractivity contribution in [3.63, 3.8) is 0 Å². The molecule has 2 aliphatic rings. The molecule has 3 N–H and O–H groups in total. The summed E-state index contributed by atoms with van der Waals surface area (Å²) >= 11 is 19.2. The Kier molecular flexibility index (Phi) is 13.5. The Morgan fingerprint density at radius 2 is 1.72 bits per heavy atom. The maximum Gasteiger partial charge on any atom is 0.326 e. The number of rotatable bonds is 11. The third kappa shape index (κ3) is 10.5. The first-order valence-corrected chi connectivity index (χ1v) is 19.4. The number of ether oxygens (including phenoxy) is 1. The Morgan fingerprint density at radius 3 is 2.28 bits per heavy atom. The van der Waals surface area contributed by atoms with Crippen LogP contribution in [0.25, 0.3) is 0 Å². The number of hydrogen-bond donors (Lipinski definition) is 2. The van der Waals surface area contributed by atoms with Gasteiger partial charge in [-0.3, -0.25) is 14.8 Å². The maximum atomic E-state index is 14.8. The number of benzene rings is 2. The minimum absolute atomic E-state index is 0.0193. The van der Waals surface area contributed by atoms with E-state index in [0.717, 1.165) is 12.1 Å². The first-order chi connectivity index (χ1) is 23.4. The van der Waals surface area contributed by atoms with Crippen LogP contribution in [0.2, 0.25) is 10.0 Å². The van der Waals surface area contributed by atoms with E-state index in [1.807, 2.05) is 51.1 Å². The summed E-state index contributed by atoms with van der Waals surface area (Å²) in [6.45, 7) is 15.0. The molecule has 10 nitrogen and oxygen atoms in total. The van der Waals surface area contributed by atoms with Crippen LogP contribution in [0, 0.1) is 5.92 Å². The largest absolute Gasteiger partial charge is 0.493 e. The zero-order valence-electron chi connectivity index (χ0n) is 29.7. The van der Waals surface area contributed by atoms with Gasteiger partial charge in [0, 0.05) is 66.8 Å². The van der Waals surface area contributed by atoms with Gasteiger partial charge in [0.25, 0.3) is 0 Å². The molecule has 0 aromatic heterocycles. The number of nitrogens with zero attached hydrogens (tertiary/aromatic N) is 4. The van der Waals surface area contributed by atoms with Crippen LogP contribution in [-0.4, -0.2) is 91.9 Å². The predicted molar refractivity (Wildman–Crippen MR) is 204 cm³/mol. The molecule has 1 heterocycles. The van der Waals surface area contributed by atoms with Gasteiger partial charge < -0.3 is 15.4 Å². The molecule has 1 unspecified atom stereocenters. The summed E-state index contributed by atoms with van der Waals surface area (Å²) in [5.74, 6) is 0.465. The zero-order chi connectivity index (χ0) is 36.9. The number of hydrogen-bond acceptors (Lipinski definition) is 7. The van der Waals surface area contributed by atoms with E-state index in [9.17, 15) is 13.2 Å². The van der Waals surface area contributed by atoms with Crippen molar-refractivity contribution < 1.29 is 17.9 Å². The lowest BCUT2D eigenvalue weighted by Gasteiger charge is -2.39. The summed E-state index contributed by atoms with van der Waals surface area (Å²) in [5, 5.41) is 1.19. The molecule has 1 aliphatic heterocycles. The van der Waals surface area contributed by atoms with E-state index in [-0.39, 0.29) is 40.9 Å². The Labute approximate surface area is 312 Å². The molecule has 14 heteroatoms. The molecule has 1 fully saturated rings. The van der Waals surface area contributed by atoms with Gasteiger partial charge in [0.05, 0.1) is 29.3 Å². The number of nitrogens with one attached hydrogen (secondary N) is 1. The predicted octanol–water partition coefficient (Wildman–Crippen LogP) is 6.89. The lowest BCUT2D eigenvalue weighted by molar-refractivity contribution is 0.126. The van der Waals surface area contributed by atoms with Crippen molar-refractivity contribution in [2.45, 2.75) is 70.5 Å². The van der Waals surface area contributed by atoms with Crippen LogP contribution in [0.1, 0.15) is 59.1 Å². The summed E-state index contributed by atoms with van der Waals surface area (Å²) in [6, 6.07) is 9.92. The van der Waals surface area contributed by atoms with Gasteiger partial charge in [0.15, 0.2) is 0 Å². The molecule has 0 spiro atoms. The van der Waals surface area contributed by atoms with Crippen LogP contribution in [0.4, 0.5) is 4.79 Å². The van der Waals surface area contributed by atoms with Crippen LogP contribution >= 0.6 is 34.8 Å². The molecule has 0 bridgehead atoms. The van der Waals surface area contributed by atoms with E-state index in [0.29, 0.717) is 60.5 Å². The zero-order valence-corrected chi connectivity index (χ0v) is 32.8. The summed E-state index contributed by atoms with van der Waals surface area (Å²) in [4.78, 5) is 25.7. The molecule has 4 rings (SSSR count). The Morgan fingerprint density at radius 1 is 1.06 bits per heavy atom. The lowest BCUT2D eigenvalue weighted by atomic mass is 9.83. The van der Waals surface area contributed by atoms with Crippen molar-refractivity contribution in [3.8, 4) is 5.75 Å². The molecule has 2 amide bonds. The van der Waals surface area contributed by atoms with Crippen molar-refractivity contribution in [2.24, 2.45) is 16.6 Å². The first-order valence-electron chi connectivity index (χ1n) is 16.8. The minimum Gasteiger partial charge on any atom is -0.493 e. The van der Waals surface area contributed by atoms with Crippen LogP contribution in [0.15, 0.2) is 69.5 Å². The van der Waals surface area contributed by atoms with Crippen molar-refractivity contribution in [3.05, 3.63) is 80.8 Å². The lowest BCUT2D eigenvalue weighted by Crippen LogP contribution is -2.54. The van der Waals surface area contributed by atoms with Gasteiger partial charge in [0.1, 0.15) is 16.5 Å². The Hall–Kier alpha value is -2.64. The van der Waals surface area contributed by atoms with Gasteiger partial charge >= 0.3 is 6.03 Å². The molecule has 2 aromatic rings. The van der Waals surface area contributed by atoms with E-state index < -0.39 is 21.1 Å². The molecule has 2 aromatic carbocycles. The number of carbonyl (C=O) groups is 1. The highest BCUT2D eigenvalue weighted by molar-refractivity contribution is 7.89. The average Bonchev–Trinajstić information content (AvgIpc) is 3.03. The molecule has 0 saturated carbocycles. The summed E-state index contributed by atoms with van der Waals surface area (Å²) in [6.07, 6.45) is 6.43. The van der Waals surface area contributed by atoms with E-state index in [4.69, 9.17) is 50.3 Å². The topological polar surface area (TPSA) is 121 Å². The highest BCUT2D eigenvalue weighted by Gasteiger charge is 2.36. The van der Waals surface area contributed by atoms with Crippen LogP contribution in [0.5, 0.6) is 5.75 Å². The molecule has 50 heavy (non-hydrogen) atoms. The second-order valence-electron chi connectivity index (χ2n) is 14.1. The van der Waals surface area contributed by atoms with E-state index >= 15 is 0 Å². The third-order valence-electron chi connectivity index (χ3n) is 8.49. The number of piperazine rings is 1. The fourth-order valence-corrected chi connectivity index (χ4v) is 8.16. The normalized spacial score (nSPS) is 17.9. The third-order valence-corrected chi connectivity index (χ3v) is 11.2. The smallest absolute Gasteiger partial charge is 0.326 e. The monoisotopic (exact) mass is 766 g/mol. The fraction of sp³-hybridized carbons (Fsp3) is 0.500. The molecular formula is C36H49Cl3N6O4S. The molecular weight excluding hydrogens is 719 g/mol. The number of carbonyl (C=O) groups excluding carboxylic acids is 1. The number of amides is 2. The van der Waals surface area contributed by atoms with E-state index in [1.165, 1.54) is 12.1 Å². The van der Waals surface area contributed by atoms with Gasteiger partial charge in [-0.1, -0.05) is 59.1 Å². The molecule has 1 atom stereocenters. The standard InChI is InChI=1S/C36H49Cl3N6O4S/c1-7-49-31-23-30(39)32(50(47,48)42-35(2,3)4)22-29(31)33(41-36(5,6)26-10-14-28(38)15-11-26)45(24-25-8-12-27(37)13-9-25)34(46)44-20-18-43(17-16-40)19-21-44/h8-10,12-15,22-23,26,42H,7,11,16-21,24,40H2,1-6H3.